The van der Waals surface area contributed by atoms with E-state index in [0.29, 0.717) is 11.7 Å². The number of carboxylic acid groups (broad SMARTS) is 1. The van der Waals surface area contributed by atoms with E-state index in [1.165, 1.54) is 9.95 Å². The van der Waals surface area contributed by atoms with Crippen molar-refractivity contribution < 1.29 is 31.4 Å². The van der Waals surface area contributed by atoms with Gasteiger partial charge in [0, 0.05) is 0 Å². The Morgan fingerprint density at radius 2 is 1.83 bits per heavy atom. The van der Waals surface area contributed by atoms with Gasteiger partial charge in [-0.15, -0.1) is 0 Å². The number of imidazole rings is 1. The van der Waals surface area contributed by atoms with Gasteiger partial charge < -0.3 is 22.1 Å². The number of benzene rings is 2. The Morgan fingerprint density at radius 1 is 1.13 bits per heavy atom. The van der Waals surface area contributed by atoms with Crippen LogP contribution in [0.4, 0.5) is 0 Å². The fraction of sp³-hybridized carbons (Fsp3) is 0.125. The average molecular weight is 416 g/mol. The topological polar surface area (TPSA) is 46.1 Å². The fourth-order valence-electron chi connectivity index (χ4n) is 2.41. The summed E-state index contributed by atoms with van der Waals surface area (Å²) >= 11 is 12.2. The van der Waals surface area contributed by atoms with E-state index in [9.17, 15) is 4.79 Å². The largest absolute Gasteiger partial charge is 1.00 e. The summed E-state index contributed by atoms with van der Waals surface area (Å²) < 4.78 is 3.14. The van der Waals surface area contributed by atoms with Gasteiger partial charge in [-0.05, 0) is 45.6 Å². The first-order chi connectivity index (χ1) is 10.5. The predicted molar refractivity (Wildman–Crippen MR) is 85.3 cm³/mol. The number of nitrogens with zero attached hydrogens (tertiary/aromatic N) is 2. The summed E-state index contributed by atoms with van der Waals surface area (Å²) in [5, 5.41) is 11.7. The zero-order valence-electron chi connectivity index (χ0n) is 11.9. The third-order valence-electron chi connectivity index (χ3n) is 3.43. The molecule has 0 aliphatic carbocycles. The van der Waals surface area contributed by atoms with Crippen LogP contribution in [0, 0.1) is 0 Å². The number of aromatic nitrogens is 2. The summed E-state index contributed by atoms with van der Waals surface area (Å²) in [6.07, 6.45) is 1.62. The monoisotopic (exact) mass is 414 g/mol. The molecule has 0 saturated carbocycles. The zero-order chi connectivity index (χ0) is 15.7. The van der Waals surface area contributed by atoms with Gasteiger partial charge >= 0.3 is 5.97 Å². The number of hydrogen-bond acceptors (Lipinski definition) is 1. The summed E-state index contributed by atoms with van der Waals surface area (Å²) in [5.74, 6) is -0.966. The van der Waals surface area contributed by atoms with E-state index in [2.05, 4.69) is 18.2 Å². The minimum Gasteiger partial charge on any atom is -1.00 e. The van der Waals surface area contributed by atoms with Crippen LogP contribution in [0.1, 0.15) is 5.56 Å². The van der Waals surface area contributed by atoms with Crippen molar-refractivity contribution in [3.05, 3.63) is 64.7 Å². The van der Waals surface area contributed by atoms with Crippen LogP contribution in [0.5, 0.6) is 0 Å². The van der Waals surface area contributed by atoms with Gasteiger partial charge in [0.15, 0.2) is 6.54 Å². The molecule has 7 heteroatoms. The molecule has 0 radical (unpaired) electrons. The molecule has 1 aromatic heterocycles. The first-order valence-corrected chi connectivity index (χ1v) is 7.43. The highest BCUT2D eigenvalue weighted by atomic mass is 79.9. The van der Waals surface area contributed by atoms with Gasteiger partial charge in [0.2, 0.25) is 6.33 Å². The molecular formula is C16H13BrCl2N2O2. The zero-order valence-corrected chi connectivity index (χ0v) is 15.0. The second-order valence-electron chi connectivity index (χ2n) is 5.03. The van der Waals surface area contributed by atoms with Crippen molar-refractivity contribution >= 4 is 39.9 Å². The highest BCUT2D eigenvalue weighted by molar-refractivity contribution is 6.39. The number of carboxylic acids is 1. The van der Waals surface area contributed by atoms with Crippen molar-refractivity contribution in [2.24, 2.45) is 0 Å². The summed E-state index contributed by atoms with van der Waals surface area (Å²) in [5.41, 5.74) is 1.06. The maximum atomic E-state index is 10.8. The van der Waals surface area contributed by atoms with E-state index in [4.69, 9.17) is 28.3 Å². The summed E-state index contributed by atoms with van der Waals surface area (Å²) in [4.78, 5) is 10.8. The Kier molecular flexibility index (Phi) is 5.68. The van der Waals surface area contributed by atoms with E-state index in [0.717, 1.165) is 10.9 Å². The molecule has 0 fully saturated rings. The van der Waals surface area contributed by atoms with E-state index in [-0.39, 0.29) is 28.7 Å². The SMILES string of the molecule is O=C(O)Cn1c[n+](Cc2ccc3ccccc3c2)c(Cl)c1Cl.[Br-]. The molecule has 0 atom stereocenters. The Balaban J connectivity index is 0.00000192. The molecule has 0 aliphatic rings. The molecule has 1 N–H and O–H groups in total. The van der Waals surface area contributed by atoms with Crippen LogP contribution in [-0.4, -0.2) is 15.6 Å². The fourth-order valence-corrected chi connectivity index (χ4v) is 2.83. The third kappa shape index (κ3) is 3.86. The van der Waals surface area contributed by atoms with Crippen molar-refractivity contribution in [1.29, 1.82) is 0 Å². The van der Waals surface area contributed by atoms with Crippen LogP contribution in [0.25, 0.3) is 10.8 Å². The minimum atomic E-state index is -0.966. The third-order valence-corrected chi connectivity index (χ3v) is 4.31. The second kappa shape index (κ2) is 7.34. The maximum absolute atomic E-state index is 10.8. The van der Waals surface area contributed by atoms with Gasteiger partial charge in [0.05, 0.1) is 0 Å². The number of halogens is 3. The smallest absolute Gasteiger partial charge is 0.346 e. The van der Waals surface area contributed by atoms with Crippen LogP contribution >= 0.6 is 23.2 Å². The van der Waals surface area contributed by atoms with Crippen LogP contribution in [0.2, 0.25) is 10.3 Å². The molecule has 3 rings (SSSR count). The van der Waals surface area contributed by atoms with Crippen molar-refractivity contribution in [2.75, 3.05) is 0 Å². The molecule has 0 spiro atoms. The molecule has 3 aromatic rings. The first kappa shape index (κ1) is 17.8. The van der Waals surface area contributed by atoms with Gasteiger partial charge in [-0.25, -0.2) is 13.9 Å². The summed E-state index contributed by atoms with van der Waals surface area (Å²) in [7, 11) is 0. The second-order valence-corrected chi connectivity index (χ2v) is 5.74. The Bertz CT molecular complexity index is 864. The number of aliphatic carboxylic acids is 1. The summed E-state index contributed by atoms with van der Waals surface area (Å²) in [6.45, 7) is 0.305. The van der Waals surface area contributed by atoms with E-state index < -0.39 is 5.97 Å². The van der Waals surface area contributed by atoms with Gasteiger partial charge in [0.1, 0.15) is 6.54 Å². The molecule has 1 heterocycles. The molecule has 0 amide bonds. The number of carbonyl (C=O) groups is 1. The minimum absolute atomic E-state index is 0. The quantitative estimate of drug-likeness (QED) is 0.626. The lowest BCUT2D eigenvalue weighted by Gasteiger charge is -2.02. The molecule has 23 heavy (non-hydrogen) atoms. The van der Waals surface area contributed by atoms with E-state index in [1.54, 1.807) is 10.9 Å². The molecule has 2 aromatic carbocycles. The van der Waals surface area contributed by atoms with Crippen LogP contribution in [0.3, 0.4) is 0 Å². The highest BCUT2D eigenvalue weighted by Gasteiger charge is 2.21. The Morgan fingerprint density at radius 3 is 2.52 bits per heavy atom. The first-order valence-electron chi connectivity index (χ1n) is 6.67. The lowest BCUT2D eigenvalue weighted by Crippen LogP contribution is -3.00. The van der Waals surface area contributed by atoms with Crippen LogP contribution < -0.4 is 21.5 Å². The lowest BCUT2D eigenvalue weighted by molar-refractivity contribution is -0.685. The highest BCUT2D eigenvalue weighted by Crippen LogP contribution is 2.20. The van der Waals surface area contributed by atoms with Crippen molar-refractivity contribution in [3.8, 4) is 0 Å². The molecule has 0 bridgehead atoms. The standard InChI is InChI=1S/C16H12Cl2N2O2.BrH/c17-15-16(18)20(9-14(21)22)10-19(15)8-11-5-6-12-3-1-2-4-13(12)7-11;/h1-7,10H,8-9H2;1H. The molecular weight excluding hydrogens is 403 g/mol. The van der Waals surface area contributed by atoms with Crippen molar-refractivity contribution in [3.63, 3.8) is 0 Å². The molecule has 0 saturated heterocycles. The van der Waals surface area contributed by atoms with Crippen molar-refractivity contribution in [1.82, 2.24) is 4.57 Å². The average Bonchev–Trinajstić information content (AvgIpc) is 2.75. The van der Waals surface area contributed by atoms with Crippen molar-refractivity contribution in [2.45, 2.75) is 13.1 Å². The Labute approximate surface area is 153 Å². The number of rotatable bonds is 4. The van der Waals surface area contributed by atoms with E-state index >= 15 is 0 Å². The predicted octanol–water partition coefficient (Wildman–Crippen LogP) is 0.372. The van der Waals surface area contributed by atoms with Gasteiger partial charge in [-0.2, -0.15) is 0 Å². The van der Waals surface area contributed by atoms with Gasteiger partial charge in [-0.3, -0.25) is 0 Å². The summed E-state index contributed by atoms with van der Waals surface area (Å²) in [6, 6.07) is 14.3. The van der Waals surface area contributed by atoms with Crippen LogP contribution in [0.15, 0.2) is 48.8 Å². The Hall–Kier alpha value is -1.56. The molecule has 120 valence electrons. The maximum Gasteiger partial charge on any atom is 0.346 e. The molecule has 4 nitrogen and oxygen atoms in total. The number of fused-ring (bicyclic) bond motifs is 1. The molecule has 0 aliphatic heterocycles. The normalized spacial score (nSPS) is 10.5. The van der Waals surface area contributed by atoms with E-state index in [1.807, 2.05) is 24.3 Å². The number of hydrogen-bond donors (Lipinski definition) is 1. The lowest BCUT2D eigenvalue weighted by atomic mass is 10.1. The van der Waals surface area contributed by atoms with Gasteiger partial charge in [0.25, 0.3) is 10.3 Å². The molecule has 0 unspecified atom stereocenters. The van der Waals surface area contributed by atoms with Gasteiger partial charge in [-0.1, -0.05) is 36.4 Å². The van der Waals surface area contributed by atoms with Crippen LogP contribution in [-0.2, 0) is 17.9 Å².